The highest BCUT2D eigenvalue weighted by Gasteiger charge is 2.27. The number of aliphatic carboxylic acids is 1. The van der Waals surface area contributed by atoms with E-state index in [1.807, 2.05) is 4.90 Å². The van der Waals surface area contributed by atoms with E-state index < -0.39 is 12.0 Å². The van der Waals surface area contributed by atoms with Gasteiger partial charge in [-0.15, -0.1) is 0 Å². The summed E-state index contributed by atoms with van der Waals surface area (Å²) >= 11 is 0. The van der Waals surface area contributed by atoms with Crippen LogP contribution in [0.25, 0.3) is 0 Å². The summed E-state index contributed by atoms with van der Waals surface area (Å²) in [6.45, 7) is 5.72. The third-order valence-electron chi connectivity index (χ3n) is 4.19. The van der Waals surface area contributed by atoms with E-state index in [-0.39, 0.29) is 18.9 Å². The normalized spacial score (nSPS) is 20.0. The predicted octanol–water partition coefficient (Wildman–Crippen LogP) is 2.40. The minimum absolute atomic E-state index is 0.0262. The summed E-state index contributed by atoms with van der Waals surface area (Å²) in [5.74, 6) is -0.177. The van der Waals surface area contributed by atoms with E-state index in [0.29, 0.717) is 36.2 Å². The van der Waals surface area contributed by atoms with Crippen molar-refractivity contribution in [3.8, 4) is 0 Å². The third kappa shape index (κ3) is 5.48. The zero-order valence-corrected chi connectivity index (χ0v) is 14.6. The number of amides is 3. The number of carboxylic acid groups (broad SMARTS) is 1. The Balaban J connectivity index is 2.05. The predicted molar refractivity (Wildman–Crippen MR) is 94.6 cm³/mol. The second-order valence-electron chi connectivity index (χ2n) is 6.73. The number of benzene rings is 1. The Labute approximate surface area is 147 Å². The summed E-state index contributed by atoms with van der Waals surface area (Å²) in [5.41, 5.74) is 0.864. The number of hydrogen-bond donors (Lipinski definition) is 3. The number of carbonyl (C=O) groups is 3. The van der Waals surface area contributed by atoms with Gasteiger partial charge in [-0.25, -0.2) is 4.79 Å². The molecular formula is C18H25N3O4. The standard InChI is InChI=1S/C18H25N3O4/c1-12-9-13(2)11-21(10-12)17(24)14-5-3-4-6-15(14)20-18(25)19-8-7-16(22)23/h3-6,12-13H,7-11H2,1-2H3,(H,22,23)(H2,19,20,25). The van der Waals surface area contributed by atoms with Crippen molar-refractivity contribution in [1.82, 2.24) is 10.2 Å². The van der Waals surface area contributed by atoms with Crippen molar-refractivity contribution in [3.63, 3.8) is 0 Å². The van der Waals surface area contributed by atoms with Gasteiger partial charge in [-0.05, 0) is 30.4 Å². The number of urea groups is 1. The second kappa shape index (κ2) is 8.50. The second-order valence-corrected chi connectivity index (χ2v) is 6.73. The maximum absolute atomic E-state index is 12.9. The number of para-hydroxylation sites is 1. The average molecular weight is 347 g/mol. The highest BCUT2D eigenvalue weighted by atomic mass is 16.4. The highest BCUT2D eigenvalue weighted by Crippen LogP contribution is 2.24. The van der Waals surface area contributed by atoms with Crippen molar-refractivity contribution < 1.29 is 19.5 Å². The molecule has 0 aromatic heterocycles. The molecule has 0 aliphatic carbocycles. The van der Waals surface area contributed by atoms with E-state index in [4.69, 9.17) is 5.11 Å². The fraction of sp³-hybridized carbons (Fsp3) is 0.500. The Hall–Kier alpha value is -2.57. The molecule has 1 fully saturated rings. The fourth-order valence-electron chi connectivity index (χ4n) is 3.23. The molecule has 25 heavy (non-hydrogen) atoms. The van der Waals surface area contributed by atoms with Gasteiger partial charge in [0, 0.05) is 19.6 Å². The largest absolute Gasteiger partial charge is 0.481 e. The smallest absolute Gasteiger partial charge is 0.319 e. The lowest BCUT2D eigenvalue weighted by Crippen LogP contribution is -2.43. The Morgan fingerprint density at radius 3 is 2.44 bits per heavy atom. The van der Waals surface area contributed by atoms with Crippen molar-refractivity contribution in [2.45, 2.75) is 26.7 Å². The number of carbonyl (C=O) groups excluding carboxylic acids is 2. The van der Waals surface area contributed by atoms with Gasteiger partial charge in [0.2, 0.25) is 0 Å². The zero-order chi connectivity index (χ0) is 18.4. The molecule has 1 saturated heterocycles. The van der Waals surface area contributed by atoms with Crippen molar-refractivity contribution in [1.29, 1.82) is 0 Å². The van der Waals surface area contributed by atoms with Crippen LogP contribution >= 0.6 is 0 Å². The molecule has 0 spiro atoms. The van der Waals surface area contributed by atoms with Crippen LogP contribution in [-0.2, 0) is 4.79 Å². The van der Waals surface area contributed by atoms with E-state index in [1.165, 1.54) is 0 Å². The number of carboxylic acids is 1. The van der Waals surface area contributed by atoms with E-state index >= 15 is 0 Å². The van der Waals surface area contributed by atoms with Crippen LogP contribution < -0.4 is 10.6 Å². The first-order valence-electron chi connectivity index (χ1n) is 8.51. The highest BCUT2D eigenvalue weighted by molar-refractivity contribution is 6.03. The minimum Gasteiger partial charge on any atom is -0.481 e. The molecule has 2 rings (SSSR count). The monoisotopic (exact) mass is 347 g/mol. The zero-order valence-electron chi connectivity index (χ0n) is 14.6. The summed E-state index contributed by atoms with van der Waals surface area (Å²) in [7, 11) is 0. The van der Waals surface area contributed by atoms with Gasteiger partial charge in [0.05, 0.1) is 17.7 Å². The molecule has 1 aliphatic rings. The van der Waals surface area contributed by atoms with Crippen molar-refractivity contribution >= 4 is 23.6 Å². The molecule has 2 unspecified atom stereocenters. The Bertz CT molecular complexity index is 637. The lowest BCUT2D eigenvalue weighted by atomic mass is 9.91. The van der Waals surface area contributed by atoms with Gasteiger partial charge in [-0.2, -0.15) is 0 Å². The van der Waals surface area contributed by atoms with Gasteiger partial charge in [0.25, 0.3) is 5.91 Å². The molecule has 0 radical (unpaired) electrons. The van der Waals surface area contributed by atoms with Crippen LogP contribution in [0.1, 0.15) is 37.0 Å². The lowest BCUT2D eigenvalue weighted by Gasteiger charge is -2.35. The molecule has 136 valence electrons. The van der Waals surface area contributed by atoms with Gasteiger partial charge in [-0.3, -0.25) is 9.59 Å². The molecule has 7 heteroatoms. The molecule has 1 aromatic rings. The number of anilines is 1. The quantitative estimate of drug-likeness (QED) is 0.761. The van der Waals surface area contributed by atoms with Gasteiger partial charge in [-0.1, -0.05) is 26.0 Å². The molecule has 3 amide bonds. The van der Waals surface area contributed by atoms with Crippen LogP contribution in [0.15, 0.2) is 24.3 Å². The summed E-state index contributed by atoms with van der Waals surface area (Å²) < 4.78 is 0. The van der Waals surface area contributed by atoms with Crippen LogP contribution in [0.4, 0.5) is 10.5 Å². The molecule has 1 aliphatic heterocycles. The van der Waals surface area contributed by atoms with Crippen molar-refractivity contribution in [2.75, 3.05) is 25.0 Å². The third-order valence-corrected chi connectivity index (χ3v) is 4.19. The lowest BCUT2D eigenvalue weighted by molar-refractivity contribution is -0.136. The summed E-state index contributed by atoms with van der Waals surface area (Å²) in [6, 6.07) is 6.34. The average Bonchev–Trinajstić information content (AvgIpc) is 2.53. The van der Waals surface area contributed by atoms with E-state index in [2.05, 4.69) is 24.5 Å². The first-order valence-corrected chi connectivity index (χ1v) is 8.51. The maximum Gasteiger partial charge on any atom is 0.319 e. The molecular weight excluding hydrogens is 322 g/mol. The topological polar surface area (TPSA) is 98.7 Å². The first kappa shape index (κ1) is 18.8. The van der Waals surface area contributed by atoms with E-state index in [1.54, 1.807) is 24.3 Å². The molecule has 1 heterocycles. The first-order chi connectivity index (χ1) is 11.9. The van der Waals surface area contributed by atoms with Crippen LogP contribution in [0.2, 0.25) is 0 Å². The minimum atomic E-state index is -0.982. The molecule has 3 N–H and O–H groups in total. The van der Waals surface area contributed by atoms with E-state index in [0.717, 1.165) is 6.42 Å². The number of hydrogen-bond acceptors (Lipinski definition) is 3. The number of nitrogens with zero attached hydrogens (tertiary/aromatic N) is 1. The Morgan fingerprint density at radius 1 is 1.16 bits per heavy atom. The number of rotatable bonds is 5. The number of nitrogens with one attached hydrogen (secondary N) is 2. The van der Waals surface area contributed by atoms with E-state index in [9.17, 15) is 14.4 Å². The number of likely N-dealkylation sites (tertiary alicyclic amines) is 1. The van der Waals surface area contributed by atoms with Gasteiger partial charge in [0.15, 0.2) is 0 Å². The summed E-state index contributed by atoms with van der Waals surface area (Å²) in [6.07, 6.45) is 0.952. The van der Waals surface area contributed by atoms with Gasteiger partial charge >= 0.3 is 12.0 Å². The van der Waals surface area contributed by atoms with Crippen LogP contribution in [0.5, 0.6) is 0 Å². The molecule has 2 atom stereocenters. The molecule has 7 nitrogen and oxygen atoms in total. The fourth-order valence-corrected chi connectivity index (χ4v) is 3.23. The van der Waals surface area contributed by atoms with Gasteiger partial charge < -0.3 is 20.6 Å². The summed E-state index contributed by atoms with van der Waals surface area (Å²) in [4.78, 5) is 37.1. The number of piperidine rings is 1. The maximum atomic E-state index is 12.9. The Kier molecular flexibility index (Phi) is 6.38. The SMILES string of the molecule is CC1CC(C)CN(C(=O)c2ccccc2NC(=O)NCCC(=O)O)C1. The summed E-state index contributed by atoms with van der Waals surface area (Å²) in [5, 5.41) is 13.7. The molecule has 0 bridgehead atoms. The Morgan fingerprint density at radius 2 is 1.80 bits per heavy atom. The van der Waals surface area contributed by atoms with Crippen LogP contribution in [0, 0.1) is 11.8 Å². The molecule has 1 aromatic carbocycles. The van der Waals surface area contributed by atoms with Gasteiger partial charge in [0.1, 0.15) is 0 Å². The van der Waals surface area contributed by atoms with Crippen molar-refractivity contribution in [2.24, 2.45) is 11.8 Å². The van der Waals surface area contributed by atoms with Crippen molar-refractivity contribution in [3.05, 3.63) is 29.8 Å². The molecule has 0 saturated carbocycles. The van der Waals surface area contributed by atoms with Crippen LogP contribution in [0.3, 0.4) is 0 Å². The van der Waals surface area contributed by atoms with Crippen LogP contribution in [-0.4, -0.2) is 47.5 Å².